The molecule has 1 aliphatic rings. The van der Waals surface area contributed by atoms with Gasteiger partial charge in [-0.2, -0.15) is 0 Å². The Kier molecular flexibility index (Phi) is 1.50. The topological polar surface area (TPSA) is 33.4 Å². The molecular formula is C9H12O2. The van der Waals surface area contributed by atoms with Crippen LogP contribution < -0.4 is 0 Å². The largest absolute Gasteiger partial charge is 0.469 e. The number of aryl methyl sites for hydroxylation is 1. The maximum absolute atomic E-state index is 9.50. The second-order valence-electron chi connectivity index (χ2n) is 3.19. The summed E-state index contributed by atoms with van der Waals surface area (Å²) in [7, 11) is 0. The molecular weight excluding hydrogens is 140 g/mol. The Labute approximate surface area is 65.8 Å². The van der Waals surface area contributed by atoms with Crippen LogP contribution in [0.3, 0.4) is 0 Å². The highest BCUT2D eigenvalue weighted by molar-refractivity contribution is 5.25. The first-order chi connectivity index (χ1) is 5.29. The summed E-state index contributed by atoms with van der Waals surface area (Å²) in [5.41, 5.74) is 1.18. The lowest BCUT2D eigenvalue weighted by Crippen LogP contribution is -2.21. The van der Waals surface area contributed by atoms with E-state index in [1.54, 1.807) is 6.26 Å². The van der Waals surface area contributed by atoms with Crippen molar-refractivity contribution >= 4 is 0 Å². The molecule has 0 amide bonds. The molecule has 2 nitrogen and oxygen atoms in total. The van der Waals surface area contributed by atoms with Crippen LogP contribution in [-0.4, -0.2) is 11.2 Å². The maximum atomic E-state index is 9.50. The summed E-state index contributed by atoms with van der Waals surface area (Å²) >= 11 is 0. The fraction of sp³-hybridized carbons (Fsp3) is 0.556. The molecule has 2 heteroatoms. The van der Waals surface area contributed by atoms with Gasteiger partial charge in [0.05, 0.1) is 12.4 Å². The molecule has 60 valence electrons. The van der Waals surface area contributed by atoms with Crippen molar-refractivity contribution in [2.24, 2.45) is 0 Å². The molecule has 0 radical (unpaired) electrons. The van der Waals surface area contributed by atoms with Crippen LogP contribution in [0.2, 0.25) is 0 Å². The van der Waals surface area contributed by atoms with Crippen LogP contribution in [-0.2, 0) is 6.42 Å². The Morgan fingerprint density at radius 1 is 1.64 bits per heavy atom. The van der Waals surface area contributed by atoms with Gasteiger partial charge in [0, 0.05) is 12.3 Å². The fourth-order valence-electron chi connectivity index (χ4n) is 1.70. The van der Waals surface area contributed by atoms with E-state index in [1.165, 1.54) is 5.56 Å². The number of hydrogen-bond acceptors (Lipinski definition) is 2. The summed E-state index contributed by atoms with van der Waals surface area (Å²) in [5, 5.41) is 9.50. The molecule has 1 heterocycles. The Hall–Kier alpha value is -0.760. The summed E-state index contributed by atoms with van der Waals surface area (Å²) in [6, 6.07) is 1.96. The summed E-state index contributed by atoms with van der Waals surface area (Å²) in [4.78, 5) is 0. The van der Waals surface area contributed by atoms with E-state index in [9.17, 15) is 5.11 Å². The summed E-state index contributed by atoms with van der Waals surface area (Å²) < 4.78 is 5.26. The number of hydrogen-bond donors (Lipinski definition) is 1. The van der Waals surface area contributed by atoms with E-state index < -0.39 is 0 Å². The average Bonchev–Trinajstić information content (AvgIpc) is 2.45. The lowest BCUT2D eigenvalue weighted by molar-refractivity contribution is 0.128. The van der Waals surface area contributed by atoms with Crippen LogP contribution in [0.15, 0.2) is 16.7 Å². The van der Waals surface area contributed by atoms with Crippen LogP contribution in [0.5, 0.6) is 0 Å². The first kappa shape index (κ1) is 6.92. The van der Waals surface area contributed by atoms with Gasteiger partial charge in [-0.25, -0.2) is 0 Å². The summed E-state index contributed by atoms with van der Waals surface area (Å²) in [5.74, 6) is 1.31. The Morgan fingerprint density at radius 2 is 2.45 bits per heavy atom. The van der Waals surface area contributed by atoms with Crippen molar-refractivity contribution in [3.8, 4) is 0 Å². The predicted molar refractivity (Wildman–Crippen MR) is 41.5 cm³/mol. The van der Waals surface area contributed by atoms with E-state index in [0.29, 0.717) is 0 Å². The molecule has 1 aromatic heterocycles. The van der Waals surface area contributed by atoms with E-state index in [4.69, 9.17) is 4.42 Å². The van der Waals surface area contributed by atoms with Gasteiger partial charge in [0.2, 0.25) is 0 Å². The SMILES string of the molecule is CC1c2ccoc2CCC1O. The molecule has 0 fully saturated rings. The van der Waals surface area contributed by atoms with E-state index in [2.05, 4.69) is 0 Å². The highest BCUT2D eigenvalue weighted by Crippen LogP contribution is 2.31. The van der Waals surface area contributed by atoms with Gasteiger partial charge in [-0.15, -0.1) is 0 Å². The second kappa shape index (κ2) is 2.38. The molecule has 2 atom stereocenters. The third kappa shape index (κ3) is 0.979. The lowest BCUT2D eigenvalue weighted by Gasteiger charge is -2.23. The fourth-order valence-corrected chi connectivity index (χ4v) is 1.70. The zero-order valence-electron chi connectivity index (χ0n) is 6.58. The van der Waals surface area contributed by atoms with Crippen LogP contribution >= 0.6 is 0 Å². The summed E-state index contributed by atoms with van der Waals surface area (Å²) in [6.45, 7) is 2.04. The normalized spacial score (nSPS) is 30.0. The second-order valence-corrected chi connectivity index (χ2v) is 3.19. The van der Waals surface area contributed by atoms with E-state index >= 15 is 0 Å². The zero-order chi connectivity index (χ0) is 7.84. The third-order valence-corrected chi connectivity index (χ3v) is 2.51. The molecule has 2 rings (SSSR count). The molecule has 0 aliphatic heterocycles. The number of fused-ring (bicyclic) bond motifs is 1. The van der Waals surface area contributed by atoms with E-state index in [-0.39, 0.29) is 12.0 Å². The number of aliphatic hydroxyl groups is 1. The predicted octanol–water partition coefficient (Wildman–Crippen LogP) is 1.69. The zero-order valence-corrected chi connectivity index (χ0v) is 6.58. The van der Waals surface area contributed by atoms with Crippen molar-refractivity contribution in [3.63, 3.8) is 0 Å². The minimum absolute atomic E-state index is 0.180. The average molecular weight is 152 g/mol. The maximum Gasteiger partial charge on any atom is 0.107 e. The minimum atomic E-state index is -0.180. The van der Waals surface area contributed by atoms with Crippen LogP contribution in [0.1, 0.15) is 30.6 Å². The highest BCUT2D eigenvalue weighted by Gasteiger charge is 2.25. The summed E-state index contributed by atoms with van der Waals surface area (Å²) in [6.07, 6.45) is 3.24. The first-order valence-corrected chi connectivity index (χ1v) is 4.03. The molecule has 0 aromatic carbocycles. The van der Waals surface area contributed by atoms with Gasteiger partial charge >= 0.3 is 0 Å². The smallest absolute Gasteiger partial charge is 0.107 e. The van der Waals surface area contributed by atoms with Crippen molar-refractivity contribution in [1.29, 1.82) is 0 Å². The number of rotatable bonds is 0. The minimum Gasteiger partial charge on any atom is -0.469 e. The molecule has 0 spiro atoms. The molecule has 1 N–H and O–H groups in total. The van der Waals surface area contributed by atoms with Crippen molar-refractivity contribution in [2.75, 3.05) is 0 Å². The standard InChI is InChI=1S/C9H12O2/c1-6-7-4-5-11-9(7)3-2-8(6)10/h4-6,8,10H,2-3H2,1H3. The van der Waals surface area contributed by atoms with Crippen LogP contribution in [0.4, 0.5) is 0 Å². The Balaban J connectivity index is 2.38. The number of aliphatic hydroxyl groups excluding tert-OH is 1. The first-order valence-electron chi connectivity index (χ1n) is 4.03. The van der Waals surface area contributed by atoms with Crippen molar-refractivity contribution < 1.29 is 9.52 Å². The van der Waals surface area contributed by atoms with Gasteiger partial charge in [0.25, 0.3) is 0 Å². The van der Waals surface area contributed by atoms with Gasteiger partial charge in [0.1, 0.15) is 5.76 Å². The Morgan fingerprint density at radius 3 is 3.27 bits per heavy atom. The molecule has 0 saturated carbocycles. The lowest BCUT2D eigenvalue weighted by atomic mass is 9.86. The van der Waals surface area contributed by atoms with E-state index in [1.807, 2.05) is 13.0 Å². The molecule has 1 aliphatic carbocycles. The van der Waals surface area contributed by atoms with E-state index in [0.717, 1.165) is 18.6 Å². The molecule has 11 heavy (non-hydrogen) atoms. The monoisotopic (exact) mass is 152 g/mol. The Bertz CT molecular complexity index is 252. The van der Waals surface area contributed by atoms with Gasteiger partial charge in [-0.05, 0) is 18.1 Å². The van der Waals surface area contributed by atoms with Crippen molar-refractivity contribution in [3.05, 3.63) is 23.7 Å². The molecule has 0 saturated heterocycles. The van der Waals surface area contributed by atoms with Gasteiger partial charge < -0.3 is 9.52 Å². The quantitative estimate of drug-likeness (QED) is 0.613. The van der Waals surface area contributed by atoms with Crippen molar-refractivity contribution in [2.45, 2.75) is 31.8 Å². The highest BCUT2D eigenvalue weighted by atomic mass is 16.3. The van der Waals surface area contributed by atoms with Crippen LogP contribution in [0.25, 0.3) is 0 Å². The molecule has 2 unspecified atom stereocenters. The van der Waals surface area contributed by atoms with Gasteiger partial charge in [-0.3, -0.25) is 0 Å². The van der Waals surface area contributed by atoms with Gasteiger partial charge in [0.15, 0.2) is 0 Å². The number of furan rings is 1. The third-order valence-electron chi connectivity index (χ3n) is 2.51. The molecule has 1 aromatic rings. The molecule has 0 bridgehead atoms. The van der Waals surface area contributed by atoms with Crippen LogP contribution in [0, 0.1) is 0 Å². The van der Waals surface area contributed by atoms with Crippen molar-refractivity contribution in [1.82, 2.24) is 0 Å². The van der Waals surface area contributed by atoms with Gasteiger partial charge in [-0.1, -0.05) is 6.92 Å².